The summed E-state index contributed by atoms with van der Waals surface area (Å²) in [5, 5.41) is 23.1. The molecule has 0 radical (unpaired) electrons. The Morgan fingerprint density at radius 2 is 1.79 bits per heavy atom. The van der Waals surface area contributed by atoms with E-state index in [0.29, 0.717) is 0 Å². The van der Waals surface area contributed by atoms with Gasteiger partial charge in [-0.15, -0.1) is 0 Å². The van der Waals surface area contributed by atoms with Gasteiger partial charge in [0.2, 0.25) is 11.8 Å². The molecule has 0 saturated heterocycles. The normalized spacial score (nSPS) is 14.6. The zero-order valence-corrected chi connectivity index (χ0v) is 15.1. The fourth-order valence-corrected chi connectivity index (χ4v) is 3.30. The molecule has 140 valence electrons. The molecule has 0 saturated carbocycles. The highest BCUT2D eigenvalue weighted by Gasteiger charge is 2.38. The van der Waals surface area contributed by atoms with E-state index in [9.17, 15) is 24.1 Å². The highest BCUT2D eigenvalue weighted by atomic mass is 32.1. The van der Waals surface area contributed by atoms with Gasteiger partial charge in [0.05, 0.1) is 6.16 Å². The predicted octanol–water partition coefficient (Wildman–Crippen LogP) is -1.44. The van der Waals surface area contributed by atoms with Crippen LogP contribution in [0.15, 0.2) is 0 Å². The van der Waals surface area contributed by atoms with Crippen molar-refractivity contribution in [1.82, 2.24) is 10.6 Å². The summed E-state index contributed by atoms with van der Waals surface area (Å²) in [5.74, 6) is -2.84. The molecule has 0 aliphatic rings. The van der Waals surface area contributed by atoms with Crippen molar-refractivity contribution in [1.29, 1.82) is 0 Å². The number of aliphatic hydroxyl groups is 1. The quantitative estimate of drug-likeness (QED) is 0.176. The average Bonchev–Trinajstić information content (AvgIpc) is 2.40. The second-order valence-corrected chi connectivity index (χ2v) is 7.91. The second kappa shape index (κ2) is 9.38. The summed E-state index contributed by atoms with van der Waals surface area (Å²) in [4.78, 5) is 51.9. The molecule has 0 aromatic carbocycles. The molecule has 6 N–H and O–H groups in total. The van der Waals surface area contributed by atoms with E-state index in [1.165, 1.54) is 13.8 Å². The summed E-state index contributed by atoms with van der Waals surface area (Å²) in [6.45, 7) is 2.48. The SMILES string of the molecule is CC(C)(CP(=O)(O)O)[C@@H](O)C(=O)NCCC(=O)N[C@@H](CS)C(=O)O. The van der Waals surface area contributed by atoms with Gasteiger partial charge >= 0.3 is 13.6 Å². The highest BCUT2D eigenvalue weighted by Crippen LogP contribution is 2.43. The lowest BCUT2D eigenvalue weighted by Crippen LogP contribution is -2.47. The van der Waals surface area contributed by atoms with Crippen molar-refractivity contribution < 1.29 is 38.9 Å². The standard InChI is InChI=1S/C12H23N2O8PS/c1-12(2,6-23(20,21)22)9(16)10(17)13-4-3-8(15)14-7(5-24)11(18)19/h7,9,16,24H,3-6H2,1-2H3,(H,13,17)(H,14,15)(H,18,19)(H2,20,21,22)/t7-,9-/m0/s1. The lowest BCUT2D eigenvalue weighted by Gasteiger charge is -2.29. The summed E-state index contributed by atoms with van der Waals surface area (Å²) >= 11 is 3.78. The first kappa shape index (κ1) is 22.9. The maximum Gasteiger partial charge on any atom is 0.327 e. The maximum atomic E-state index is 11.8. The number of aliphatic hydroxyl groups excluding tert-OH is 1. The topological polar surface area (TPSA) is 173 Å². The molecule has 0 rings (SSSR count). The van der Waals surface area contributed by atoms with Crippen molar-refractivity contribution in [3.05, 3.63) is 0 Å². The van der Waals surface area contributed by atoms with E-state index in [1.807, 2.05) is 0 Å². The third-order valence-corrected chi connectivity index (χ3v) is 4.66. The average molecular weight is 386 g/mol. The van der Waals surface area contributed by atoms with Gasteiger partial charge in [0.1, 0.15) is 12.1 Å². The van der Waals surface area contributed by atoms with Crippen LogP contribution in [0.25, 0.3) is 0 Å². The largest absolute Gasteiger partial charge is 0.480 e. The number of thiol groups is 1. The van der Waals surface area contributed by atoms with Crippen molar-refractivity contribution in [3.8, 4) is 0 Å². The number of carboxylic acid groups (broad SMARTS) is 1. The summed E-state index contributed by atoms with van der Waals surface area (Å²) in [7, 11) is -4.42. The molecule has 12 heteroatoms. The van der Waals surface area contributed by atoms with Gasteiger partial charge in [-0.2, -0.15) is 12.6 Å². The predicted molar refractivity (Wildman–Crippen MR) is 87.7 cm³/mol. The maximum absolute atomic E-state index is 11.8. The van der Waals surface area contributed by atoms with Crippen LogP contribution in [0.4, 0.5) is 0 Å². The fraction of sp³-hybridized carbons (Fsp3) is 0.750. The van der Waals surface area contributed by atoms with Crippen LogP contribution < -0.4 is 10.6 Å². The number of aliphatic carboxylic acids is 1. The Hall–Kier alpha value is -1.13. The highest BCUT2D eigenvalue weighted by molar-refractivity contribution is 7.80. The molecule has 10 nitrogen and oxygen atoms in total. The van der Waals surface area contributed by atoms with Crippen molar-refractivity contribution in [2.45, 2.75) is 32.4 Å². The molecular formula is C12H23N2O8PS. The molecular weight excluding hydrogens is 363 g/mol. The van der Waals surface area contributed by atoms with Gasteiger partial charge in [0, 0.05) is 24.1 Å². The zero-order valence-electron chi connectivity index (χ0n) is 13.3. The minimum absolute atomic E-state index is 0.0945. The Bertz CT molecular complexity index is 521. The van der Waals surface area contributed by atoms with E-state index >= 15 is 0 Å². The van der Waals surface area contributed by atoms with Crippen LogP contribution in [-0.4, -0.2) is 68.4 Å². The van der Waals surface area contributed by atoms with Crippen LogP contribution in [0.5, 0.6) is 0 Å². The van der Waals surface area contributed by atoms with Crippen LogP contribution in [0, 0.1) is 5.41 Å². The molecule has 0 aliphatic carbocycles. The summed E-state index contributed by atoms with van der Waals surface area (Å²) in [5.41, 5.74) is -1.37. The van der Waals surface area contributed by atoms with Crippen LogP contribution in [-0.2, 0) is 18.9 Å². The summed E-state index contributed by atoms with van der Waals surface area (Å²) in [6.07, 6.45) is -2.59. The molecule has 2 atom stereocenters. The van der Waals surface area contributed by atoms with E-state index < -0.39 is 49.1 Å². The second-order valence-electron chi connectivity index (χ2n) is 5.90. The van der Waals surface area contributed by atoms with E-state index in [1.54, 1.807) is 0 Å². The number of carboxylic acids is 1. The third kappa shape index (κ3) is 8.65. The molecule has 0 bridgehead atoms. The number of hydrogen-bond donors (Lipinski definition) is 7. The van der Waals surface area contributed by atoms with E-state index in [2.05, 4.69) is 23.3 Å². The molecule has 0 unspecified atom stereocenters. The molecule has 0 aromatic rings. The molecule has 0 fully saturated rings. The van der Waals surface area contributed by atoms with E-state index in [4.69, 9.17) is 14.9 Å². The summed E-state index contributed by atoms with van der Waals surface area (Å²) in [6, 6.07) is -1.15. The Morgan fingerprint density at radius 1 is 1.25 bits per heavy atom. The van der Waals surface area contributed by atoms with Gasteiger partial charge in [-0.05, 0) is 0 Å². The van der Waals surface area contributed by atoms with Gasteiger partial charge < -0.3 is 30.6 Å². The van der Waals surface area contributed by atoms with Crippen LogP contribution in [0.2, 0.25) is 0 Å². The van der Waals surface area contributed by atoms with E-state index in [0.717, 1.165) is 0 Å². The first-order valence-corrected chi connectivity index (χ1v) is 9.36. The van der Waals surface area contributed by atoms with E-state index in [-0.39, 0.29) is 18.7 Å². The lowest BCUT2D eigenvalue weighted by atomic mass is 9.88. The number of nitrogens with one attached hydrogen (secondary N) is 2. The van der Waals surface area contributed by atoms with Gasteiger partial charge in [0.25, 0.3) is 0 Å². The molecule has 0 heterocycles. The van der Waals surface area contributed by atoms with Crippen molar-refractivity contribution in [3.63, 3.8) is 0 Å². The Labute approximate surface area is 144 Å². The number of carbonyl (C=O) groups is 3. The third-order valence-electron chi connectivity index (χ3n) is 3.07. The molecule has 0 spiro atoms. The number of hydrogen-bond acceptors (Lipinski definition) is 6. The summed E-state index contributed by atoms with van der Waals surface area (Å²) < 4.78 is 11.0. The van der Waals surface area contributed by atoms with Gasteiger partial charge in [-0.25, -0.2) is 4.79 Å². The number of rotatable bonds is 10. The van der Waals surface area contributed by atoms with Crippen LogP contribution in [0.1, 0.15) is 20.3 Å². The van der Waals surface area contributed by atoms with Gasteiger partial charge in [0.15, 0.2) is 0 Å². The molecule has 0 aromatic heterocycles. The fourth-order valence-electron chi connectivity index (χ4n) is 1.82. The molecule has 24 heavy (non-hydrogen) atoms. The lowest BCUT2D eigenvalue weighted by molar-refractivity contribution is -0.141. The molecule has 2 amide bonds. The van der Waals surface area contributed by atoms with Crippen molar-refractivity contribution in [2.24, 2.45) is 5.41 Å². The zero-order chi connectivity index (χ0) is 19.1. The smallest absolute Gasteiger partial charge is 0.327 e. The Morgan fingerprint density at radius 3 is 2.21 bits per heavy atom. The van der Waals surface area contributed by atoms with Crippen LogP contribution >= 0.6 is 20.2 Å². The first-order valence-electron chi connectivity index (χ1n) is 6.93. The Kier molecular flexibility index (Phi) is 8.94. The first-order chi connectivity index (χ1) is 10.8. The number of carbonyl (C=O) groups excluding carboxylic acids is 2. The Balaban J connectivity index is 4.41. The number of amides is 2. The minimum atomic E-state index is -4.42. The molecule has 0 aliphatic heterocycles. The van der Waals surface area contributed by atoms with Gasteiger partial charge in [-0.3, -0.25) is 14.2 Å². The minimum Gasteiger partial charge on any atom is -0.480 e. The van der Waals surface area contributed by atoms with Gasteiger partial charge in [-0.1, -0.05) is 13.8 Å². The van der Waals surface area contributed by atoms with Crippen molar-refractivity contribution in [2.75, 3.05) is 18.5 Å². The monoisotopic (exact) mass is 386 g/mol. The van der Waals surface area contributed by atoms with Crippen LogP contribution in [0.3, 0.4) is 0 Å². The van der Waals surface area contributed by atoms with Crippen molar-refractivity contribution >= 4 is 38.0 Å².